The quantitative estimate of drug-likeness (QED) is 0.220. The van der Waals surface area contributed by atoms with Crippen LogP contribution in [-0.2, 0) is 4.79 Å². The second kappa shape index (κ2) is 11.0. The molecule has 2 aromatic heterocycles. The minimum Gasteiger partial charge on any atom is -0.438 e. The van der Waals surface area contributed by atoms with Crippen LogP contribution in [0.15, 0.2) is 94.4 Å². The van der Waals surface area contributed by atoms with E-state index in [1.54, 1.807) is 0 Å². The summed E-state index contributed by atoms with van der Waals surface area (Å²) in [7, 11) is 0. The van der Waals surface area contributed by atoms with Crippen molar-refractivity contribution in [1.82, 2.24) is 4.98 Å². The Bertz CT molecular complexity index is 1650. The van der Waals surface area contributed by atoms with Crippen molar-refractivity contribution in [2.45, 2.75) is 37.5 Å². The molecule has 0 aliphatic rings. The Morgan fingerprint density at radius 3 is 2.32 bits per heavy atom. The summed E-state index contributed by atoms with van der Waals surface area (Å²) in [6.45, 7) is 6.07. The fraction of sp³-hybridized carbons (Fsp3) is 0.156. The van der Waals surface area contributed by atoms with E-state index in [9.17, 15) is 10.1 Å². The predicted octanol–water partition coefficient (Wildman–Crippen LogP) is 8.16. The number of thioether (sulfide) groups is 1. The maximum Gasteiger partial charge on any atom is 0.240 e. The third kappa shape index (κ3) is 4.93. The van der Waals surface area contributed by atoms with Gasteiger partial charge >= 0.3 is 0 Å². The van der Waals surface area contributed by atoms with Gasteiger partial charge in [-0.1, -0.05) is 97.5 Å². The minimum absolute atomic E-state index is 0.160. The van der Waals surface area contributed by atoms with Gasteiger partial charge in [0.05, 0.1) is 15.8 Å². The number of rotatable bonds is 7. The zero-order valence-corrected chi connectivity index (χ0v) is 22.3. The highest BCUT2D eigenvalue weighted by Crippen LogP contribution is 2.41. The number of fused-ring (bicyclic) bond motifs is 1. The van der Waals surface area contributed by atoms with Gasteiger partial charge in [-0.3, -0.25) is 10.1 Å². The van der Waals surface area contributed by atoms with Gasteiger partial charge in [0.2, 0.25) is 11.8 Å². The average molecular weight is 518 g/mol. The fourth-order valence-electron chi connectivity index (χ4n) is 4.55. The third-order valence-corrected chi connectivity index (χ3v) is 7.79. The van der Waals surface area contributed by atoms with Gasteiger partial charge in [-0.05, 0) is 43.0 Å². The molecule has 188 valence electrons. The number of nitrogens with one attached hydrogen (secondary N) is 1. The Labute approximate surface area is 226 Å². The largest absolute Gasteiger partial charge is 0.438 e. The predicted molar refractivity (Wildman–Crippen MR) is 154 cm³/mol. The molecule has 5 nitrogen and oxygen atoms in total. The van der Waals surface area contributed by atoms with E-state index < -0.39 is 5.25 Å². The molecule has 0 aliphatic heterocycles. The lowest BCUT2D eigenvalue weighted by molar-refractivity contribution is -0.115. The van der Waals surface area contributed by atoms with Gasteiger partial charge < -0.3 is 4.42 Å². The van der Waals surface area contributed by atoms with Crippen LogP contribution in [0.5, 0.6) is 0 Å². The zero-order chi connectivity index (χ0) is 26.6. The van der Waals surface area contributed by atoms with E-state index >= 15 is 0 Å². The summed E-state index contributed by atoms with van der Waals surface area (Å²) in [6.07, 6.45) is 0.586. The van der Waals surface area contributed by atoms with E-state index in [1.807, 2.05) is 92.7 Å². The molecule has 0 saturated carbocycles. The van der Waals surface area contributed by atoms with E-state index in [0.29, 0.717) is 23.3 Å². The van der Waals surface area contributed by atoms with Crippen molar-refractivity contribution in [3.63, 3.8) is 0 Å². The topological polar surface area (TPSA) is 78.9 Å². The number of aryl methyl sites for hydroxylation is 2. The standard InChI is InChI=1S/C32H27N3O2S/c1-4-26(38-27-18-21(3)24-17-11-12-20(2)29(24)34-27)31(36)35-32-25(19-33)28(22-13-7-5-8-14-22)30(37-32)23-15-9-6-10-16-23/h5-18,26H,4H2,1-3H3,(H,35,36). The van der Waals surface area contributed by atoms with Crippen molar-refractivity contribution < 1.29 is 9.21 Å². The highest BCUT2D eigenvalue weighted by molar-refractivity contribution is 8.00. The number of furan rings is 1. The number of aromatic nitrogens is 1. The van der Waals surface area contributed by atoms with Crippen molar-refractivity contribution in [2.75, 3.05) is 5.32 Å². The number of hydrogen-bond donors (Lipinski definition) is 1. The van der Waals surface area contributed by atoms with Crippen LogP contribution in [0.1, 0.15) is 30.0 Å². The van der Waals surface area contributed by atoms with Crippen LogP contribution >= 0.6 is 11.8 Å². The molecule has 0 radical (unpaired) electrons. The monoisotopic (exact) mass is 517 g/mol. The fourth-order valence-corrected chi connectivity index (χ4v) is 5.56. The number of amides is 1. The van der Waals surface area contributed by atoms with Gasteiger partial charge in [0, 0.05) is 16.5 Å². The molecule has 2 heterocycles. The van der Waals surface area contributed by atoms with E-state index in [0.717, 1.165) is 38.2 Å². The first-order valence-corrected chi connectivity index (χ1v) is 13.4. The molecular weight excluding hydrogens is 490 g/mol. The van der Waals surface area contributed by atoms with Gasteiger partial charge in [-0.25, -0.2) is 4.98 Å². The molecule has 6 heteroatoms. The maximum atomic E-state index is 13.5. The molecule has 1 amide bonds. The summed E-state index contributed by atoms with van der Waals surface area (Å²) >= 11 is 1.42. The van der Waals surface area contributed by atoms with Crippen molar-refractivity contribution in [3.05, 3.63) is 102 Å². The van der Waals surface area contributed by atoms with Gasteiger partial charge in [0.15, 0.2) is 0 Å². The summed E-state index contributed by atoms with van der Waals surface area (Å²) in [6, 6.07) is 29.7. The number of pyridine rings is 1. The second-order valence-corrected chi connectivity index (χ2v) is 10.3. The first-order valence-electron chi connectivity index (χ1n) is 12.5. The highest BCUT2D eigenvalue weighted by atomic mass is 32.2. The van der Waals surface area contributed by atoms with Gasteiger partial charge in [0.25, 0.3) is 0 Å². The zero-order valence-electron chi connectivity index (χ0n) is 21.5. The van der Waals surface area contributed by atoms with E-state index in [4.69, 9.17) is 9.40 Å². The maximum absolute atomic E-state index is 13.5. The molecular formula is C32H27N3O2S. The summed E-state index contributed by atoms with van der Waals surface area (Å²) < 4.78 is 6.21. The van der Waals surface area contributed by atoms with Gasteiger partial charge in [-0.15, -0.1) is 0 Å². The lowest BCUT2D eigenvalue weighted by Crippen LogP contribution is -2.24. The molecule has 1 unspecified atom stereocenters. The molecule has 0 spiro atoms. The van der Waals surface area contributed by atoms with Crippen molar-refractivity contribution in [2.24, 2.45) is 0 Å². The van der Waals surface area contributed by atoms with Crippen LogP contribution in [0.2, 0.25) is 0 Å². The van der Waals surface area contributed by atoms with Crippen molar-refractivity contribution >= 4 is 34.5 Å². The van der Waals surface area contributed by atoms with Crippen LogP contribution in [0.25, 0.3) is 33.4 Å². The average Bonchev–Trinajstić information content (AvgIpc) is 3.31. The van der Waals surface area contributed by atoms with E-state index in [1.165, 1.54) is 11.8 Å². The number of para-hydroxylation sites is 1. The van der Waals surface area contributed by atoms with Crippen LogP contribution in [-0.4, -0.2) is 16.1 Å². The Balaban J connectivity index is 1.49. The number of benzene rings is 3. The number of carbonyl (C=O) groups is 1. The summed E-state index contributed by atoms with van der Waals surface area (Å²) in [5.41, 5.74) is 5.81. The number of nitriles is 1. The molecule has 5 aromatic rings. The summed E-state index contributed by atoms with van der Waals surface area (Å²) in [5.74, 6) is 0.478. The Morgan fingerprint density at radius 1 is 0.974 bits per heavy atom. The second-order valence-electron chi connectivity index (χ2n) is 9.11. The van der Waals surface area contributed by atoms with E-state index in [-0.39, 0.29) is 11.8 Å². The van der Waals surface area contributed by atoms with Crippen LogP contribution in [0.3, 0.4) is 0 Å². The van der Waals surface area contributed by atoms with Gasteiger partial charge in [0.1, 0.15) is 17.4 Å². The molecule has 5 rings (SSSR count). The molecule has 0 saturated heterocycles. The number of carbonyl (C=O) groups excluding carboxylic acids is 1. The van der Waals surface area contributed by atoms with E-state index in [2.05, 4.69) is 24.4 Å². The highest BCUT2D eigenvalue weighted by Gasteiger charge is 2.27. The Hall–Kier alpha value is -4.34. The third-order valence-electron chi connectivity index (χ3n) is 6.51. The molecule has 0 fully saturated rings. The normalized spacial score (nSPS) is 11.7. The van der Waals surface area contributed by atoms with Crippen molar-refractivity contribution in [1.29, 1.82) is 5.26 Å². The molecule has 38 heavy (non-hydrogen) atoms. The lowest BCUT2D eigenvalue weighted by atomic mass is 9.98. The first kappa shape index (κ1) is 25.3. The van der Waals surface area contributed by atoms with Gasteiger partial charge in [-0.2, -0.15) is 5.26 Å². The number of anilines is 1. The summed E-state index contributed by atoms with van der Waals surface area (Å²) in [5, 5.41) is 14.6. The van der Waals surface area contributed by atoms with Crippen LogP contribution in [0.4, 0.5) is 5.88 Å². The number of nitrogens with zero attached hydrogens (tertiary/aromatic N) is 2. The molecule has 0 aliphatic carbocycles. The Kier molecular flexibility index (Phi) is 7.30. The smallest absolute Gasteiger partial charge is 0.240 e. The van der Waals surface area contributed by atoms with Crippen LogP contribution < -0.4 is 5.32 Å². The lowest BCUT2D eigenvalue weighted by Gasteiger charge is -2.15. The number of hydrogen-bond acceptors (Lipinski definition) is 5. The first-order chi connectivity index (χ1) is 18.5. The molecule has 1 atom stereocenters. The molecule has 0 bridgehead atoms. The van der Waals surface area contributed by atoms with Crippen molar-refractivity contribution in [3.8, 4) is 28.5 Å². The SMILES string of the molecule is CCC(Sc1cc(C)c2cccc(C)c2n1)C(=O)Nc1oc(-c2ccccc2)c(-c2ccccc2)c1C#N. The minimum atomic E-state index is -0.416. The summed E-state index contributed by atoms with van der Waals surface area (Å²) in [4.78, 5) is 18.3. The Morgan fingerprint density at radius 2 is 1.66 bits per heavy atom. The molecule has 1 N–H and O–H groups in total. The molecule has 3 aromatic carbocycles. The van der Waals surface area contributed by atoms with Crippen LogP contribution in [0, 0.1) is 25.2 Å².